The molecule has 2 saturated carbocycles. The molecule has 0 bridgehead atoms. The highest BCUT2D eigenvalue weighted by molar-refractivity contribution is 5.56. The minimum Gasteiger partial charge on any atom is -0.494 e. The van der Waals surface area contributed by atoms with Gasteiger partial charge in [-0.25, -0.2) is 9.97 Å². The zero-order chi connectivity index (χ0) is 26.1. The molecular weight excluding hydrogens is 468 g/mol. The fraction of sp³-hybridized carbons (Fsp3) is 0.706. The van der Waals surface area contributed by atoms with Gasteiger partial charge in [0.25, 0.3) is 0 Å². The van der Waals surface area contributed by atoms with Gasteiger partial charge in [-0.1, -0.05) is 116 Å². The molecule has 4 heteroatoms. The maximum Gasteiger partial charge on any atom is 0.159 e. The van der Waals surface area contributed by atoms with E-state index in [-0.39, 0.29) is 0 Å². The molecule has 2 aromatic rings. The molecule has 4 nitrogen and oxygen atoms in total. The topological polar surface area (TPSA) is 44.2 Å². The molecule has 0 spiro atoms. The van der Waals surface area contributed by atoms with Gasteiger partial charge in [0.1, 0.15) is 5.75 Å². The van der Waals surface area contributed by atoms with E-state index in [0.29, 0.717) is 0 Å². The van der Waals surface area contributed by atoms with Crippen LogP contribution in [0.5, 0.6) is 11.5 Å². The zero-order valence-electron chi connectivity index (χ0n) is 23.9. The Morgan fingerprint density at radius 3 is 1.50 bits per heavy atom. The lowest BCUT2D eigenvalue weighted by Crippen LogP contribution is -1.99. The highest BCUT2D eigenvalue weighted by atomic mass is 16.5. The first kappa shape index (κ1) is 28.9. The lowest BCUT2D eigenvalue weighted by molar-refractivity contribution is 0.301. The van der Waals surface area contributed by atoms with E-state index in [0.717, 1.165) is 60.8 Å². The van der Waals surface area contributed by atoms with Crippen LogP contribution in [0.2, 0.25) is 0 Å². The van der Waals surface area contributed by atoms with Crippen molar-refractivity contribution in [1.82, 2.24) is 9.97 Å². The second-order valence-corrected chi connectivity index (χ2v) is 11.9. The van der Waals surface area contributed by atoms with E-state index in [1.807, 2.05) is 24.3 Å². The van der Waals surface area contributed by atoms with Gasteiger partial charge in [-0.15, -0.1) is 0 Å². The lowest BCUT2D eigenvalue weighted by Gasteiger charge is -2.09. The van der Waals surface area contributed by atoms with Crippen LogP contribution in [0.3, 0.4) is 0 Å². The van der Waals surface area contributed by atoms with Gasteiger partial charge in [0.2, 0.25) is 0 Å². The Morgan fingerprint density at radius 2 is 0.974 bits per heavy atom. The third kappa shape index (κ3) is 10.9. The molecule has 1 aromatic heterocycles. The summed E-state index contributed by atoms with van der Waals surface area (Å²) in [6, 6.07) is 8.14. The number of rotatable bonds is 19. The number of hydrogen-bond donors (Lipinski definition) is 0. The van der Waals surface area contributed by atoms with Gasteiger partial charge >= 0.3 is 0 Å². The van der Waals surface area contributed by atoms with Crippen LogP contribution in [-0.2, 0) is 0 Å². The van der Waals surface area contributed by atoms with E-state index in [1.165, 1.54) is 116 Å². The molecule has 1 heterocycles. The smallest absolute Gasteiger partial charge is 0.159 e. The summed E-state index contributed by atoms with van der Waals surface area (Å²) in [5.41, 5.74) is 1.00. The van der Waals surface area contributed by atoms with Gasteiger partial charge in [-0.05, 0) is 48.9 Å². The third-order valence-corrected chi connectivity index (χ3v) is 8.74. The molecule has 0 atom stereocenters. The van der Waals surface area contributed by atoms with Crippen LogP contribution in [-0.4, -0.2) is 23.2 Å². The molecule has 0 N–H and O–H groups in total. The molecule has 0 unspecified atom stereocenters. The van der Waals surface area contributed by atoms with E-state index in [9.17, 15) is 0 Å². The molecule has 2 aliphatic rings. The summed E-state index contributed by atoms with van der Waals surface area (Å²) < 4.78 is 11.8. The standard InChI is InChI=1S/C34H52N2O2/c1(3-7-15-29-17-9-10-18-29)5-13-25-37-32-23-21-31(22-24-32)34-35-27-33(28-36-34)38-26-14-6-2-4-8-16-30-19-11-12-20-30/h21-24,27-30H,1-20,25-26H2. The van der Waals surface area contributed by atoms with E-state index in [1.54, 1.807) is 12.4 Å². The van der Waals surface area contributed by atoms with Crippen molar-refractivity contribution < 1.29 is 9.47 Å². The number of ether oxygens (including phenoxy) is 2. The van der Waals surface area contributed by atoms with Crippen LogP contribution in [0.1, 0.15) is 128 Å². The number of unbranched alkanes of at least 4 members (excludes halogenated alkanes) is 8. The molecular formula is C34H52N2O2. The Balaban J connectivity index is 1.01. The van der Waals surface area contributed by atoms with Gasteiger partial charge in [-0.3, -0.25) is 0 Å². The average molecular weight is 521 g/mol. The summed E-state index contributed by atoms with van der Waals surface area (Å²) in [4.78, 5) is 9.03. The molecule has 0 aliphatic heterocycles. The largest absolute Gasteiger partial charge is 0.494 e. The summed E-state index contributed by atoms with van der Waals surface area (Å²) in [6.45, 7) is 1.54. The minimum absolute atomic E-state index is 0.726. The van der Waals surface area contributed by atoms with Crippen molar-refractivity contribution in [2.75, 3.05) is 13.2 Å². The molecule has 38 heavy (non-hydrogen) atoms. The van der Waals surface area contributed by atoms with Gasteiger partial charge in [0, 0.05) is 5.56 Å². The second kappa shape index (κ2) is 17.5. The summed E-state index contributed by atoms with van der Waals surface area (Å²) in [6.07, 6.45) is 31.3. The minimum atomic E-state index is 0.726. The zero-order valence-corrected chi connectivity index (χ0v) is 23.9. The van der Waals surface area contributed by atoms with Gasteiger partial charge < -0.3 is 9.47 Å². The van der Waals surface area contributed by atoms with Gasteiger partial charge in [-0.2, -0.15) is 0 Å². The van der Waals surface area contributed by atoms with Crippen LogP contribution < -0.4 is 9.47 Å². The third-order valence-electron chi connectivity index (χ3n) is 8.74. The van der Waals surface area contributed by atoms with E-state index < -0.39 is 0 Å². The normalized spacial score (nSPS) is 16.3. The summed E-state index contributed by atoms with van der Waals surface area (Å²) in [5, 5.41) is 0. The highest BCUT2D eigenvalue weighted by Crippen LogP contribution is 2.30. The fourth-order valence-electron chi connectivity index (χ4n) is 6.35. The van der Waals surface area contributed by atoms with Crippen molar-refractivity contribution in [3.05, 3.63) is 36.7 Å². The lowest BCUT2D eigenvalue weighted by atomic mass is 9.99. The number of hydrogen-bond acceptors (Lipinski definition) is 4. The van der Waals surface area contributed by atoms with Crippen LogP contribution in [0.4, 0.5) is 0 Å². The Morgan fingerprint density at radius 1 is 0.526 bits per heavy atom. The van der Waals surface area contributed by atoms with Gasteiger partial charge in [0.05, 0.1) is 25.6 Å². The van der Waals surface area contributed by atoms with Crippen molar-refractivity contribution >= 4 is 0 Å². The molecule has 2 fully saturated rings. The molecule has 1 aromatic carbocycles. The molecule has 210 valence electrons. The van der Waals surface area contributed by atoms with Crippen LogP contribution in [0.15, 0.2) is 36.7 Å². The molecule has 2 aliphatic carbocycles. The first-order valence-corrected chi connectivity index (χ1v) is 16.0. The summed E-state index contributed by atoms with van der Waals surface area (Å²) in [7, 11) is 0. The van der Waals surface area contributed by atoms with Crippen LogP contribution >= 0.6 is 0 Å². The van der Waals surface area contributed by atoms with Crippen LogP contribution in [0.25, 0.3) is 11.4 Å². The van der Waals surface area contributed by atoms with E-state index in [2.05, 4.69) is 9.97 Å². The Kier molecular flexibility index (Phi) is 13.3. The van der Waals surface area contributed by atoms with Crippen molar-refractivity contribution in [2.24, 2.45) is 11.8 Å². The SMILES string of the molecule is c1cc(-c2ncc(OCCCCCCCC3CCCC3)cn2)ccc1OCCCCCCCC1CCCC1. The first-order chi connectivity index (χ1) is 18.9. The highest BCUT2D eigenvalue weighted by Gasteiger charge is 2.14. The number of nitrogens with zero attached hydrogens (tertiary/aromatic N) is 2. The summed E-state index contributed by atoms with van der Waals surface area (Å²) in [5.74, 6) is 4.48. The molecule has 0 saturated heterocycles. The van der Waals surface area contributed by atoms with E-state index in [4.69, 9.17) is 9.47 Å². The molecule has 4 rings (SSSR count). The quantitative estimate of drug-likeness (QED) is 0.173. The summed E-state index contributed by atoms with van der Waals surface area (Å²) >= 11 is 0. The molecule has 0 radical (unpaired) electrons. The maximum absolute atomic E-state index is 5.95. The predicted octanol–water partition coefficient (Wildman–Crippen LogP) is 9.96. The average Bonchev–Trinajstić information content (AvgIpc) is 3.67. The first-order valence-electron chi connectivity index (χ1n) is 16.0. The van der Waals surface area contributed by atoms with E-state index >= 15 is 0 Å². The Bertz CT molecular complexity index is 782. The van der Waals surface area contributed by atoms with Crippen molar-refractivity contribution in [1.29, 1.82) is 0 Å². The van der Waals surface area contributed by atoms with Crippen LogP contribution in [0, 0.1) is 11.8 Å². The second-order valence-electron chi connectivity index (χ2n) is 11.9. The Hall–Kier alpha value is -2.10. The van der Waals surface area contributed by atoms with Gasteiger partial charge in [0.15, 0.2) is 11.6 Å². The number of benzene rings is 1. The molecule has 0 amide bonds. The van der Waals surface area contributed by atoms with Crippen molar-refractivity contribution in [2.45, 2.75) is 128 Å². The Labute approximate surface area is 232 Å². The maximum atomic E-state index is 5.95. The monoisotopic (exact) mass is 520 g/mol. The fourth-order valence-corrected chi connectivity index (χ4v) is 6.35. The van der Waals surface area contributed by atoms with Crippen molar-refractivity contribution in [3.63, 3.8) is 0 Å². The predicted molar refractivity (Wildman–Crippen MR) is 158 cm³/mol. The number of aromatic nitrogens is 2. The van der Waals surface area contributed by atoms with Crippen molar-refractivity contribution in [3.8, 4) is 22.9 Å².